The zero-order valence-corrected chi connectivity index (χ0v) is 14.0. The molecular weight excluding hydrogens is 374 g/mol. The number of nitrogens with two attached hydrogens (primary N) is 1. The summed E-state index contributed by atoms with van der Waals surface area (Å²) < 4.78 is 6.11. The van der Waals surface area contributed by atoms with E-state index in [0.717, 1.165) is 0 Å². The molecular formula is C13H6Cl4N2OS. The number of aromatic nitrogens is 1. The molecule has 0 spiro atoms. The van der Waals surface area contributed by atoms with Gasteiger partial charge in [0.2, 0.25) is 5.88 Å². The molecule has 0 atom stereocenters. The topological polar surface area (TPSA) is 52.0 Å². The molecule has 2 N–H and O–H groups in total. The highest BCUT2D eigenvalue weighted by Crippen LogP contribution is 2.47. The van der Waals surface area contributed by atoms with E-state index in [1.54, 1.807) is 24.3 Å². The first-order valence-electron chi connectivity index (χ1n) is 5.63. The lowest BCUT2D eigenvalue weighted by molar-refractivity contribution is 0.439. The number of nitrogens with zero attached hydrogens (tertiary/aromatic N) is 1. The molecule has 3 aromatic rings. The van der Waals surface area contributed by atoms with E-state index in [-0.39, 0.29) is 5.88 Å². The van der Waals surface area contributed by atoms with Gasteiger partial charge in [-0.25, -0.2) is 0 Å². The molecule has 0 radical (unpaired) electrons. The van der Waals surface area contributed by atoms with E-state index >= 15 is 0 Å². The summed E-state index contributed by atoms with van der Waals surface area (Å²) >= 11 is 25.8. The van der Waals surface area contributed by atoms with E-state index in [1.165, 1.54) is 11.3 Å². The second-order valence-electron chi connectivity index (χ2n) is 4.10. The standard InChI is InChI=1S/C13H6Cl4N2OS/c14-6-2-1-3-7(15)9(6)10-11(19-20-13(10)18)5-4-8(16)21-12(5)17/h1-4H,18H2. The van der Waals surface area contributed by atoms with Gasteiger partial charge >= 0.3 is 0 Å². The van der Waals surface area contributed by atoms with Crippen molar-refractivity contribution < 1.29 is 4.52 Å². The Morgan fingerprint density at radius 3 is 2.29 bits per heavy atom. The molecule has 0 fully saturated rings. The molecule has 2 aromatic heterocycles. The van der Waals surface area contributed by atoms with Crippen molar-refractivity contribution in [3.05, 3.63) is 43.0 Å². The van der Waals surface area contributed by atoms with Gasteiger partial charge < -0.3 is 10.3 Å². The Hall–Kier alpha value is -0.910. The number of anilines is 1. The normalized spacial score (nSPS) is 11.0. The highest BCUT2D eigenvalue weighted by molar-refractivity contribution is 7.20. The minimum Gasteiger partial charge on any atom is -0.367 e. The number of hydrogen-bond donors (Lipinski definition) is 1. The van der Waals surface area contributed by atoms with Crippen LogP contribution in [0, 0.1) is 0 Å². The summed E-state index contributed by atoms with van der Waals surface area (Å²) in [6.45, 7) is 0. The van der Waals surface area contributed by atoms with E-state index in [9.17, 15) is 0 Å². The predicted octanol–water partition coefficient (Wildman–Crippen LogP) is 6.27. The van der Waals surface area contributed by atoms with Gasteiger partial charge in [0, 0.05) is 11.1 Å². The molecule has 0 unspecified atom stereocenters. The summed E-state index contributed by atoms with van der Waals surface area (Å²) in [5.41, 5.74) is 8.01. The van der Waals surface area contributed by atoms with Gasteiger partial charge in [0.15, 0.2) is 0 Å². The first kappa shape index (κ1) is 15.0. The fourth-order valence-corrected chi connectivity index (χ4v) is 4.02. The van der Waals surface area contributed by atoms with E-state index in [2.05, 4.69) is 5.16 Å². The van der Waals surface area contributed by atoms with Crippen LogP contribution in [0.25, 0.3) is 22.4 Å². The van der Waals surface area contributed by atoms with Crippen molar-refractivity contribution in [1.82, 2.24) is 5.16 Å². The van der Waals surface area contributed by atoms with Crippen LogP contribution in [0.4, 0.5) is 5.88 Å². The minimum absolute atomic E-state index is 0.110. The molecule has 21 heavy (non-hydrogen) atoms. The van der Waals surface area contributed by atoms with Crippen molar-refractivity contribution in [2.45, 2.75) is 0 Å². The Kier molecular flexibility index (Phi) is 4.08. The number of benzene rings is 1. The smallest absolute Gasteiger partial charge is 0.230 e. The van der Waals surface area contributed by atoms with Crippen molar-refractivity contribution in [3.8, 4) is 22.4 Å². The maximum absolute atomic E-state index is 6.23. The third-order valence-electron chi connectivity index (χ3n) is 2.84. The van der Waals surface area contributed by atoms with Crippen LogP contribution in [0.2, 0.25) is 18.7 Å². The van der Waals surface area contributed by atoms with Crippen molar-refractivity contribution in [2.24, 2.45) is 0 Å². The number of halogens is 4. The maximum atomic E-state index is 6.23. The van der Waals surface area contributed by atoms with Crippen LogP contribution in [0.5, 0.6) is 0 Å². The predicted molar refractivity (Wildman–Crippen MR) is 89.7 cm³/mol. The van der Waals surface area contributed by atoms with Crippen LogP contribution in [0.1, 0.15) is 0 Å². The van der Waals surface area contributed by atoms with Gasteiger partial charge in [-0.05, 0) is 18.2 Å². The van der Waals surface area contributed by atoms with Gasteiger partial charge in [0.05, 0.1) is 19.9 Å². The SMILES string of the molecule is Nc1onc(-c2cc(Cl)sc2Cl)c1-c1c(Cl)cccc1Cl. The van der Waals surface area contributed by atoms with Crippen molar-refractivity contribution in [1.29, 1.82) is 0 Å². The molecule has 0 amide bonds. The minimum atomic E-state index is 0.110. The molecule has 0 saturated carbocycles. The Balaban J connectivity index is 2.30. The molecule has 1 aromatic carbocycles. The Morgan fingerprint density at radius 1 is 1.05 bits per heavy atom. The first-order valence-corrected chi connectivity index (χ1v) is 7.96. The molecule has 108 valence electrons. The number of rotatable bonds is 2. The summed E-state index contributed by atoms with van der Waals surface area (Å²) in [5, 5.41) is 4.85. The van der Waals surface area contributed by atoms with E-state index in [4.69, 9.17) is 56.7 Å². The third kappa shape index (κ3) is 2.62. The van der Waals surface area contributed by atoms with Gasteiger partial charge in [-0.2, -0.15) is 0 Å². The lowest BCUT2D eigenvalue weighted by Gasteiger charge is -2.06. The van der Waals surface area contributed by atoms with Crippen LogP contribution >= 0.6 is 57.7 Å². The molecule has 0 aliphatic heterocycles. The summed E-state index contributed by atoms with van der Waals surface area (Å²) in [4.78, 5) is 0. The van der Waals surface area contributed by atoms with Gasteiger partial charge in [-0.15, -0.1) is 11.3 Å². The van der Waals surface area contributed by atoms with Crippen molar-refractivity contribution in [2.75, 3.05) is 5.73 Å². The quantitative estimate of drug-likeness (QED) is 0.571. The largest absolute Gasteiger partial charge is 0.367 e. The monoisotopic (exact) mass is 378 g/mol. The summed E-state index contributed by atoms with van der Waals surface area (Å²) in [7, 11) is 0. The average molecular weight is 380 g/mol. The average Bonchev–Trinajstić information content (AvgIpc) is 2.93. The van der Waals surface area contributed by atoms with Crippen LogP contribution in [0.3, 0.4) is 0 Å². The Morgan fingerprint density at radius 2 is 1.71 bits per heavy atom. The molecule has 0 saturated heterocycles. The van der Waals surface area contributed by atoms with E-state index in [0.29, 0.717) is 41.1 Å². The second-order valence-corrected chi connectivity index (χ2v) is 7.20. The fraction of sp³-hybridized carbons (Fsp3) is 0. The molecule has 3 rings (SSSR count). The molecule has 0 aliphatic rings. The molecule has 8 heteroatoms. The highest BCUT2D eigenvalue weighted by atomic mass is 35.5. The first-order chi connectivity index (χ1) is 9.99. The van der Waals surface area contributed by atoms with Crippen LogP contribution in [-0.4, -0.2) is 5.16 Å². The van der Waals surface area contributed by atoms with Gasteiger partial charge in [0.1, 0.15) is 10.0 Å². The zero-order valence-electron chi connectivity index (χ0n) is 10.2. The zero-order chi connectivity index (χ0) is 15.1. The van der Waals surface area contributed by atoms with Crippen molar-refractivity contribution in [3.63, 3.8) is 0 Å². The Bertz CT molecular complexity index is 807. The van der Waals surface area contributed by atoms with E-state index < -0.39 is 0 Å². The summed E-state index contributed by atoms with van der Waals surface area (Å²) in [5.74, 6) is 0.110. The molecule has 3 nitrogen and oxygen atoms in total. The van der Waals surface area contributed by atoms with Crippen LogP contribution in [-0.2, 0) is 0 Å². The second kappa shape index (κ2) is 5.71. The molecule has 0 aliphatic carbocycles. The molecule has 0 bridgehead atoms. The van der Waals surface area contributed by atoms with E-state index in [1.807, 2.05) is 0 Å². The highest BCUT2D eigenvalue weighted by Gasteiger charge is 2.24. The number of hydrogen-bond acceptors (Lipinski definition) is 4. The number of thiophene rings is 1. The summed E-state index contributed by atoms with van der Waals surface area (Å²) in [6, 6.07) is 6.86. The number of nitrogen functional groups attached to an aromatic ring is 1. The van der Waals surface area contributed by atoms with Gasteiger partial charge in [-0.1, -0.05) is 57.6 Å². The molecule has 2 heterocycles. The Labute approximate surface area is 144 Å². The fourth-order valence-electron chi connectivity index (χ4n) is 1.97. The third-order valence-corrected chi connectivity index (χ3v) is 4.96. The summed E-state index contributed by atoms with van der Waals surface area (Å²) in [6.07, 6.45) is 0. The van der Waals surface area contributed by atoms with Crippen LogP contribution < -0.4 is 5.73 Å². The van der Waals surface area contributed by atoms with Crippen molar-refractivity contribution >= 4 is 63.6 Å². The van der Waals surface area contributed by atoms with Crippen LogP contribution in [0.15, 0.2) is 28.8 Å². The van der Waals surface area contributed by atoms with Gasteiger partial charge in [0.25, 0.3) is 0 Å². The lowest BCUT2D eigenvalue weighted by atomic mass is 10.0. The maximum Gasteiger partial charge on any atom is 0.230 e. The van der Waals surface area contributed by atoms with Gasteiger partial charge in [-0.3, -0.25) is 0 Å². The lowest BCUT2D eigenvalue weighted by Crippen LogP contribution is -1.89.